The molecule has 0 aliphatic heterocycles. The predicted octanol–water partition coefficient (Wildman–Crippen LogP) is 6.29. The molecule has 0 fully saturated rings. The Morgan fingerprint density at radius 1 is 1.06 bits per heavy atom. The van der Waals surface area contributed by atoms with Crippen molar-refractivity contribution in [2.75, 3.05) is 18.0 Å². The Hall–Kier alpha value is -2.74. The maximum atomic E-state index is 13.0. The number of thioether (sulfide) groups is 1. The van der Waals surface area contributed by atoms with Crippen molar-refractivity contribution >= 4 is 17.4 Å². The second kappa shape index (κ2) is 10.0. The van der Waals surface area contributed by atoms with Gasteiger partial charge in [0.25, 0.3) is 0 Å². The molecule has 1 heterocycles. The zero-order valence-corrected chi connectivity index (χ0v) is 18.4. The molecule has 0 N–H and O–H groups in total. The van der Waals surface area contributed by atoms with Crippen LogP contribution in [-0.2, 0) is 18.5 Å². The number of benzene rings is 2. The fourth-order valence-corrected chi connectivity index (χ4v) is 4.19. The van der Waals surface area contributed by atoms with Gasteiger partial charge in [-0.3, -0.25) is 4.57 Å². The molecule has 0 atom stereocenters. The van der Waals surface area contributed by atoms with Crippen molar-refractivity contribution in [3.05, 3.63) is 72.3 Å². The first kappa shape index (κ1) is 22.9. The molecule has 2 aromatic carbocycles. The van der Waals surface area contributed by atoms with Crippen molar-refractivity contribution in [3.63, 3.8) is 0 Å². The molecular weight excluding hydrogens is 421 g/mol. The van der Waals surface area contributed by atoms with Crippen LogP contribution in [-0.4, -0.2) is 27.9 Å². The Kier molecular flexibility index (Phi) is 7.43. The average molecular weight is 447 g/mol. The van der Waals surface area contributed by atoms with E-state index in [-0.39, 0.29) is 0 Å². The van der Waals surface area contributed by atoms with Gasteiger partial charge in [-0.15, -0.1) is 16.8 Å². The summed E-state index contributed by atoms with van der Waals surface area (Å²) in [7, 11) is 0. The highest BCUT2D eigenvalue weighted by Crippen LogP contribution is 2.32. The van der Waals surface area contributed by atoms with Gasteiger partial charge in [0.15, 0.2) is 11.0 Å². The predicted molar refractivity (Wildman–Crippen MR) is 120 cm³/mol. The van der Waals surface area contributed by atoms with Crippen LogP contribution >= 0.6 is 11.8 Å². The lowest BCUT2D eigenvalue weighted by Gasteiger charge is -2.21. The number of rotatable bonds is 9. The molecule has 0 radical (unpaired) electrons. The van der Waals surface area contributed by atoms with Crippen LogP contribution in [0.25, 0.3) is 11.4 Å². The summed E-state index contributed by atoms with van der Waals surface area (Å²) in [5.41, 5.74) is 2.00. The van der Waals surface area contributed by atoms with Gasteiger partial charge in [-0.05, 0) is 49.7 Å². The van der Waals surface area contributed by atoms with Gasteiger partial charge in [0, 0.05) is 36.6 Å². The van der Waals surface area contributed by atoms with Crippen molar-refractivity contribution < 1.29 is 13.2 Å². The van der Waals surface area contributed by atoms with Crippen molar-refractivity contribution in [1.82, 2.24) is 14.8 Å². The molecule has 0 amide bonds. The Labute approximate surface area is 184 Å². The van der Waals surface area contributed by atoms with Crippen LogP contribution in [0.15, 0.2) is 66.3 Å². The van der Waals surface area contributed by atoms with Crippen LogP contribution in [0.1, 0.15) is 25.0 Å². The maximum absolute atomic E-state index is 13.0. The van der Waals surface area contributed by atoms with Crippen LogP contribution < -0.4 is 4.90 Å². The zero-order chi connectivity index (χ0) is 22.4. The summed E-state index contributed by atoms with van der Waals surface area (Å²) in [4.78, 5) is 2.26. The molecule has 1 aromatic heterocycles. The molecule has 0 bridgehead atoms. The number of hydrogen-bond acceptors (Lipinski definition) is 4. The lowest BCUT2D eigenvalue weighted by atomic mass is 10.1. The van der Waals surface area contributed by atoms with Gasteiger partial charge in [-0.25, -0.2) is 0 Å². The van der Waals surface area contributed by atoms with E-state index < -0.39 is 11.7 Å². The third kappa shape index (κ3) is 5.50. The molecule has 4 nitrogen and oxygen atoms in total. The molecule has 164 valence electrons. The molecule has 0 unspecified atom stereocenters. The summed E-state index contributed by atoms with van der Waals surface area (Å²) in [6.07, 6.45) is -2.60. The highest BCUT2D eigenvalue weighted by Gasteiger charge is 2.30. The monoisotopic (exact) mass is 446 g/mol. The van der Waals surface area contributed by atoms with E-state index in [1.54, 1.807) is 12.1 Å². The van der Waals surface area contributed by atoms with Gasteiger partial charge < -0.3 is 4.90 Å². The Morgan fingerprint density at radius 2 is 1.77 bits per heavy atom. The lowest BCUT2D eigenvalue weighted by molar-refractivity contribution is -0.137. The normalized spacial score (nSPS) is 11.5. The van der Waals surface area contributed by atoms with Crippen molar-refractivity contribution in [2.45, 2.75) is 37.5 Å². The Balaban J connectivity index is 1.82. The minimum absolute atomic E-state index is 0.361. The fraction of sp³-hybridized carbons (Fsp3) is 0.304. The number of halogens is 3. The summed E-state index contributed by atoms with van der Waals surface area (Å²) in [6, 6.07) is 13.5. The summed E-state index contributed by atoms with van der Waals surface area (Å²) in [5.74, 6) is 1.07. The summed E-state index contributed by atoms with van der Waals surface area (Å²) in [5, 5.41) is 9.26. The van der Waals surface area contributed by atoms with Gasteiger partial charge >= 0.3 is 6.18 Å². The first-order chi connectivity index (χ1) is 14.9. The highest BCUT2D eigenvalue weighted by molar-refractivity contribution is 7.98. The van der Waals surface area contributed by atoms with Gasteiger partial charge in [0.05, 0.1) is 5.56 Å². The number of aromatic nitrogens is 3. The summed E-state index contributed by atoms with van der Waals surface area (Å²) in [6.45, 7) is 10.4. The van der Waals surface area contributed by atoms with Crippen molar-refractivity contribution in [2.24, 2.45) is 0 Å². The molecule has 3 rings (SSSR count). The minimum atomic E-state index is -4.35. The first-order valence-corrected chi connectivity index (χ1v) is 11.0. The molecule has 0 spiro atoms. The minimum Gasteiger partial charge on any atom is -0.372 e. The quantitative estimate of drug-likeness (QED) is 0.286. The molecule has 0 saturated carbocycles. The van der Waals surface area contributed by atoms with E-state index in [9.17, 15) is 13.2 Å². The van der Waals surface area contributed by atoms with E-state index in [1.807, 2.05) is 16.7 Å². The highest BCUT2D eigenvalue weighted by atomic mass is 32.2. The van der Waals surface area contributed by atoms with Crippen molar-refractivity contribution in [3.8, 4) is 11.4 Å². The van der Waals surface area contributed by atoms with Crippen LogP contribution in [0.3, 0.4) is 0 Å². The van der Waals surface area contributed by atoms with E-state index in [2.05, 4.69) is 47.7 Å². The molecular formula is C23H25F3N4S. The standard InChI is InChI=1S/C23H25F3N4S/c1-4-14-30-21(18-10-12-20(13-11-18)29(5-2)6-3)27-28-22(30)31-16-17-8-7-9-19(15-17)23(24,25)26/h4,7-13,15H,1,5-6,14,16H2,2-3H3. The third-order valence-electron chi connectivity index (χ3n) is 4.90. The third-order valence-corrected chi connectivity index (χ3v) is 5.94. The van der Waals surface area contributed by atoms with Crippen molar-refractivity contribution in [1.29, 1.82) is 0 Å². The van der Waals surface area contributed by atoms with Crippen LogP contribution in [0, 0.1) is 0 Å². The van der Waals surface area contributed by atoms with Crippen LogP contribution in [0.5, 0.6) is 0 Å². The van der Waals surface area contributed by atoms with Gasteiger partial charge in [-0.2, -0.15) is 13.2 Å². The van der Waals surface area contributed by atoms with Gasteiger partial charge in [0.1, 0.15) is 0 Å². The smallest absolute Gasteiger partial charge is 0.372 e. The molecule has 8 heteroatoms. The number of anilines is 1. The van der Waals surface area contributed by atoms with Crippen LogP contribution in [0.4, 0.5) is 18.9 Å². The van der Waals surface area contributed by atoms with E-state index in [1.165, 1.54) is 23.9 Å². The maximum Gasteiger partial charge on any atom is 0.416 e. The second-order valence-electron chi connectivity index (χ2n) is 6.91. The SMILES string of the molecule is C=CCn1c(SCc2cccc(C(F)(F)F)c2)nnc1-c1ccc(N(CC)CC)cc1. The first-order valence-electron chi connectivity index (χ1n) is 10.1. The molecule has 0 aliphatic carbocycles. The average Bonchev–Trinajstić information content (AvgIpc) is 3.16. The fourth-order valence-electron chi connectivity index (χ4n) is 3.30. The van der Waals surface area contributed by atoms with E-state index >= 15 is 0 Å². The topological polar surface area (TPSA) is 34.0 Å². The number of allylic oxidation sites excluding steroid dienone is 1. The lowest BCUT2D eigenvalue weighted by Crippen LogP contribution is -2.21. The molecule has 31 heavy (non-hydrogen) atoms. The van der Waals surface area contributed by atoms with E-state index in [0.717, 1.165) is 30.4 Å². The second-order valence-corrected chi connectivity index (χ2v) is 7.85. The zero-order valence-electron chi connectivity index (χ0n) is 17.6. The number of hydrogen-bond donors (Lipinski definition) is 0. The van der Waals surface area contributed by atoms with E-state index in [0.29, 0.717) is 28.8 Å². The van der Waals surface area contributed by atoms with E-state index in [4.69, 9.17) is 0 Å². The molecule has 3 aromatic rings. The summed E-state index contributed by atoms with van der Waals surface area (Å²) < 4.78 is 40.8. The molecule has 0 aliphatic rings. The van der Waals surface area contributed by atoms with Crippen LogP contribution in [0.2, 0.25) is 0 Å². The molecule has 0 saturated heterocycles. The number of alkyl halides is 3. The largest absolute Gasteiger partial charge is 0.416 e. The summed E-state index contributed by atoms with van der Waals surface area (Å²) >= 11 is 1.36. The van der Waals surface area contributed by atoms with Gasteiger partial charge in [-0.1, -0.05) is 36.0 Å². The Bertz CT molecular complexity index is 1010. The number of nitrogens with zero attached hydrogens (tertiary/aromatic N) is 4. The Morgan fingerprint density at radius 3 is 2.39 bits per heavy atom. The van der Waals surface area contributed by atoms with Gasteiger partial charge in [0.2, 0.25) is 0 Å².